The molecule has 2 rings (SSSR count). The van der Waals surface area contributed by atoms with E-state index in [1.807, 2.05) is 0 Å². The smallest absolute Gasteiger partial charge is 0.139 e. The molecule has 0 aromatic carbocycles. The van der Waals surface area contributed by atoms with Crippen molar-refractivity contribution in [3.8, 4) is 0 Å². The molecule has 0 spiro atoms. The van der Waals surface area contributed by atoms with E-state index in [0.717, 1.165) is 52.2 Å². The summed E-state index contributed by atoms with van der Waals surface area (Å²) in [5.41, 5.74) is 5.81. The van der Waals surface area contributed by atoms with E-state index in [2.05, 4.69) is 22.3 Å². The number of nitrogens with two attached hydrogens (primary N) is 1. The molecule has 2 aliphatic rings. The van der Waals surface area contributed by atoms with Gasteiger partial charge in [0.1, 0.15) is 5.84 Å². The number of amidine groups is 1. The molecule has 4 N–H and O–H groups in total. The van der Waals surface area contributed by atoms with E-state index >= 15 is 0 Å². The average Bonchev–Trinajstić information content (AvgIpc) is 3.18. The summed E-state index contributed by atoms with van der Waals surface area (Å²) in [5, 5.41) is 15.2. The summed E-state index contributed by atoms with van der Waals surface area (Å²) in [6, 6.07) is 0. The van der Waals surface area contributed by atoms with Crippen molar-refractivity contribution >= 4 is 5.84 Å². The lowest BCUT2D eigenvalue weighted by molar-refractivity contribution is -0.0256. The summed E-state index contributed by atoms with van der Waals surface area (Å²) >= 11 is 0. The number of nitrogens with one attached hydrogen (secondary N) is 1. The molecule has 0 amide bonds. The Morgan fingerprint density at radius 1 is 1.58 bits per heavy atom. The fraction of sp³-hybridized carbons (Fsp3) is 0.923. The third kappa shape index (κ3) is 4.33. The summed E-state index contributed by atoms with van der Waals surface area (Å²) in [6.07, 6.45) is 3.28. The normalized spacial score (nSPS) is 27.4. The first kappa shape index (κ1) is 14.6. The first-order chi connectivity index (χ1) is 9.17. The molecule has 1 atom stereocenters. The minimum Gasteiger partial charge on any atom is -0.409 e. The second-order valence-corrected chi connectivity index (χ2v) is 5.79. The average molecular weight is 270 g/mol. The molecule has 0 radical (unpaired) electrons. The van der Waals surface area contributed by atoms with Crippen LogP contribution in [0.5, 0.6) is 0 Å². The quantitative estimate of drug-likeness (QED) is 0.267. The van der Waals surface area contributed by atoms with E-state index in [1.165, 1.54) is 0 Å². The Morgan fingerprint density at radius 3 is 3.00 bits per heavy atom. The lowest BCUT2D eigenvalue weighted by Gasteiger charge is -2.32. The van der Waals surface area contributed by atoms with Gasteiger partial charge >= 0.3 is 0 Å². The Labute approximate surface area is 115 Å². The van der Waals surface area contributed by atoms with E-state index < -0.39 is 0 Å². The van der Waals surface area contributed by atoms with Crippen LogP contribution in [0.2, 0.25) is 0 Å². The van der Waals surface area contributed by atoms with Crippen LogP contribution >= 0.6 is 0 Å². The Hall–Kier alpha value is -0.850. The van der Waals surface area contributed by atoms with Crippen LogP contribution in [0.25, 0.3) is 0 Å². The minimum atomic E-state index is 0.218. The molecule has 1 aliphatic heterocycles. The molecule has 1 saturated heterocycles. The van der Waals surface area contributed by atoms with E-state index in [0.29, 0.717) is 12.3 Å². The van der Waals surface area contributed by atoms with Crippen molar-refractivity contribution in [2.45, 2.75) is 32.3 Å². The topological polar surface area (TPSA) is 83.1 Å². The lowest BCUT2D eigenvalue weighted by Crippen LogP contribution is -2.47. The minimum absolute atomic E-state index is 0.218. The molecular formula is C13H26N4O2. The monoisotopic (exact) mass is 270 g/mol. The van der Waals surface area contributed by atoms with Gasteiger partial charge < -0.3 is 21.0 Å². The summed E-state index contributed by atoms with van der Waals surface area (Å²) < 4.78 is 5.75. The predicted molar refractivity (Wildman–Crippen MR) is 74.4 cm³/mol. The molecule has 1 aliphatic carbocycles. The zero-order valence-corrected chi connectivity index (χ0v) is 11.8. The summed E-state index contributed by atoms with van der Waals surface area (Å²) in [4.78, 5) is 2.42. The first-order valence-electron chi connectivity index (χ1n) is 7.18. The molecule has 0 bridgehead atoms. The number of ether oxygens (including phenoxy) is 1. The van der Waals surface area contributed by atoms with Gasteiger partial charge in [0.2, 0.25) is 0 Å². The third-order valence-electron chi connectivity index (χ3n) is 4.18. The number of morpholine rings is 1. The van der Waals surface area contributed by atoms with E-state index in [-0.39, 0.29) is 11.5 Å². The van der Waals surface area contributed by atoms with E-state index in [1.54, 1.807) is 0 Å². The zero-order chi connectivity index (χ0) is 13.7. The molecule has 6 nitrogen and oxygen atoms in total. The van der Waals surface area contributed by atoms with Crippen molar-refractivity contribution in [1.82, 2.24) is 10.2 Å². The van der Waals surface area contributed by atoms with Gasteiger partial charge in [-0.25, -0.2) is 0 Å². The van der Waals surface area contributed by atoms with Crippen molar-refractivity contribution in [3.63, 3.8) is 0 Å². The first-order valence-corrected chi connectivity index (χ1v) is 7.18. The van der Waals surface area contributed by atoms with Gasteiger partial charge in [0.05, 0.1) is 12.7 Å². The molecule has 1 saturated carbocycles. The summed E-state index contributed by atoms with van der Waals surface area (Å²) in [5.74, 6) is 0.338. The highest BCUT2D eigenvalue weighted by Gasteiger charge is 2.43. The lowest BCUT2D eigenvalue weighted by atomic mass is 10.0. The Bertz CT molecular complexity index is 318. The second-order valence-electron chi connectivity index (χ2n) is 5.79. The highest BCUT2D eigenvalue weighted by Crippen LogP contribution is 2.48. The van der Waals surface area contributed by atoms with E-state index in [4.69, 9.17) is 15.7 Å². The highest BCUT2D eigenvalue weighted by molar-refractivity contribution is 5.80. The molecule has 110 valence electrons. The van der Waals surface area contributed by atoms with Gasteiger partial charge in [-0.3, -0.25) is 4.90 Å². The SMILES string of the molecule is CCN1CCOC(CNCC2(CC(N)=NO)CC2)C1. The maximum Gasteiger partial charge on any atom is 0.139 e. The van der Waals surface area contributed by atoms with Crippen LogP contribution in [-0.2, 0) is 4.74 Å². The van der Waals surface area contributed by atoms with Gasteiger partial charge in [-0.05, 0) is 24.8 Å². The van der Waals surface area contributed by atoms with Gasteiger partial charge in [-0.2, -0.15) is 0 Å². The molecule has 1 unspecified atom stereocenters. The predicted octanol–water partition coefficient (Wildman–Crippen LogP) is 0.213. The Balaban J connectivity index is 1.66. The number of oxime groups is 1. The van der Waals surface area contributed by atoms with Gasteiger partial charge in [0.25, 0.3) is 0 Å². The third-order valence-corrected chi connectivity index (χ3v) is 4.18. The van der Waals surface area contributed by atoms with Gasteiger partial charge in [-0.15, -0.1) is 0 Å². The molecular weight excluding hydrogens is 244 g/mol. The number of rotatable bonds is 7. The fourth-order valence-corrected chi connectivity index (χ4v) is 2.70. The second kappa shape index (κ2) is 6.54. The largest absolute Gasteiger partial charge is 0.409 e. The maximum absolute atomic E-state index is 8.63. The van der Waals surface area contributed by atoms with Crippen LogP contribution in [0.4, 0.5) is 0 Å². The number of likely N-dealkylation sites (N-methyl/N-ethyl adjacent to an activating group) is 1. The molecule has 2 fully saturated rings. The van der Waals surface area contributed by atoms with Gasteiger partial charge in [0.15, 0.2) is 0 Å². The fourth-order valence-electron chi connectivity index (χ4n) is 2.70. The Morgan fingerprint density at radius 2 is 2.37 bits per heavy atom. The Kier molecular flexibility index (Phi) is 5.01. The van der Waals surface area contributed by atoms with Crippen molar-refractivity contribution in [2.24, 2.45) is 16.3 Å². The zero-order valence-electron chi connectivity index (χ0n) is 11.8. The maximum atomic E-state index is 8.63. The number of hydrogen-bond acceptors (Lipinski definition) is 5. The van der Waals surface area contributed by atoms with Crippen LogP contribution in [0, 0.1) is 5.41 Å². The van der Waals surface area contributed by atoms with Crippen molar-refractivity contribution in [3.05, 3.63) is 0 Å². The van der Waals surface area contributed by atoms with Gasteiger partial charge in [0, 0.05) is 32.6 Å². The number of nitrogens with zero attached hydrogens (tertiary/aromatic N) is 2. The van der Waals surface area contributed by atoms with Crippen molar-refractivity contribution < 1.29 is 9.94 Å². The van der Waals surface area contributed by atoms with Crippen LogP contribution in [0.1, 0.15) is 26.2 Å². The van der Waals surface area contributed by atoms with Crippen LogP contribution < -0.4 is 11.1 Å². The highest BCUT2D eigenvalue weighted by atomic mass is 16.5. The molecule has 19 heavy (non-hydrogen) atoms. The summed E-state index contributed by atoms with van der Waals surface area (Å²) in [6.45, 7) is 7.97. The summed E-state index contributed by atoms with van der Waals surface area (Å²) in [7, 11) is 0. The van der Waals surface area contributed by atoms with Gasteiger partial charge in [-0.1, -0.05) is 12.1 Å². The van der Waals surface area contributed by atoms with Crippen LogP contribution in [0.3, 0.4) is 0 Å². The standard InChI is InChI=1S/C13H26N4O2/c1-2-17-5-6-19-11(9-17)8-15-10-13(3-4-13)7-12(14)16-18/h11,15,18H,2-10H2,1H3,(H2,14,16). The molecule has 6 heteroatoms. The van der Waals surface area contributed by atoms with Crippen molar-refractivity contribution in [2.75, 3.05) is 39.3 Å². The number of hydrogen-bond donors (Lipinski definition) is 3. The van der Waals surface area contributed by atoms with Crippen LogP contribution in [0.15, 0.2) is 5.16 Å². The molecule has 0 aromatic heterocycles. The molecule has 1 heterocycles. The molecule has 0 aromatic rings. The van der Waals surface area contributed by atoms with Crippen molar-refractivity contribution in [1.29, 1.82) is 0 Å². The van der Waals surface area contributed by atoms with E-state index in [9.17, 15) is 0 Å². The van der Waals surface area contributed by atoms with Crippen LogP contribution in [-0.4, -0.2) is 61.4 Å².